The summed E-state index contributed by atoms with van der Waals surface area (Å²) in [6, 6.07) is 3.12. The highest BCUT2D eigenvalue weighted by Crippen LogP contribution is 2.37. The summed E-state index contributed by atoms with van der Waals surface area (Å²) in [6.45, 7) is 4.06. The highest BCUT2D eigenvalue weighted by atomic mass is 35.5. The zero-order chi connectivity index (χ0) is 17.9. The Morgan fingerprint density at radius 1 is 1.33 bits per heavy atom. The quantitative estimate of drug-likeness (QED) is 0.215. The van der Waals surface area contributed by atoms with Crippen LogP contribution >= 0.6 is 11.6 Å². The first kappa shape index (κ1) is 20.1. The lowest BCUT2D eigenvalue weighted by Crippen LogP contribution is -2.17. The molecule has 24 heavy (non-hydrogen) atoms. The minimum absolute atomic E-state index is 0.0752. The Kier molecular flexibility index (Phi) is 8.96. The van der Waals surface area contributed by atoms with Crippen LogP contribution in [0.1, 0.15) is 32.3 Å². The van der Waals surface area contributed by atoms with Crippen molar-refractivity contribution in [3.8, 4) is 11.5 Å². The van der Waals surface area contributed by atoms with E-state index in [1.54, 1.807) is 19.1 Å². The van der Waals surface area contributed by atoms with Gasteiger partial charge in [0.15, 0.2) is 18.1 Å². The number of hydroxylamine groups is 2. The minimum atomic E-state index is -0.518. The zero-order valence-corrected chi connectivity index (χ0v) is 14.5. The van der Waals surface area contributed by atoms with E-state index in [0.717, 1.165) is 12.8 Å². The summed E-state index contributed by atoms with van der Waals surface area (Å²) in [6.07, 6.45) is 2.07. The van der Waals surface area contributed by atoms with Gasteiger partial charge in [0.25, 0.3) is 0 Å². The van der Waals surface area contributed by atoms with Crippen molar-refractivity contribution in [2.24, 2.45) is 0 Å². The van der Waals surface area contributed by atoms with Gasteiger partial charge in [0.1, 0.15) is 0 Å². The number of carbonyl (C=O) groups is 2. The van der Waals surface area contributed by atoms with Gasteiger partial charge < -0.3 is 14.2 Å². The van der Waals surface area contributed by atoms with Crippen LogP contribution in [-0.4, -0.2) is 42.5 Å². The second-order valence-corrected chi connectivity index (χ2v) is 5.31. The van der Waals surface area contributed by atoms with Gasteiger partial charge in [-0.05, 0) is 31.0 Å². The van der Waals surface area contributed by atoms with E-state index in [0.29, 0.717) is 23.0 Å². The molecule has 0 unspecified atom stereocenters. The number of hydrogen-bond donors (Lipinski definition) is 1. The fourth-order valence-corrected chi connectivity index (χ4v) is 2.13. The monoisotopic (exact) mass is 359 g/mol. The van der Waals surface area contributed by atoms with Gasteiger partial charge in [0.2, 0.25) is 6.41 Å². The largest absolute Gasteiger partial charge is 0.488 e. The standard InChI is InChI=1S/C16H22ClNO6/c1-3-5-6-23-16-13(17)7-12(9-18(21)11-19)8-14(16)24-10-15(20)22-4-2/h7-8,11,21H,3-6,9-10H2,1-2H3. The Bertz CT molecular complexity index is 552. The van der Waals surface area contributed by atoms with E-state index in [4.69, 9.17) is 25.8 Å². The summed E-state index contributed by atoms with van der Waals surface area (Å²) >= 11 is 6.21. The van der Waals surface area contributed by atoms with Gasteiger partial charge in [-0.25, -0.2) is 9.86 Å². The molecular formula is C16H22ClNO6. The van der Waals surface area contributed by atoms with Gasteiger partial charge in [-0.2, -0.15) is 0 Å². The van der Waals surface area contributed by atoms with Crippen molar-refractivity contribution >= 4 is 24.0 Å². The first-order valence-corrected chi connectivity index (χ1v) is 8.04. The molecule has 1 amide bonds. The Morgan fingerprint density at radius 2 is 2.08 bits per heavy atom. The van der Waals surface area contributed by atoms with Crippen LogP contribution in [-0.2, 0) is 20.9 Å². The first-order valence-electron chi connectivity index (χ1n) is 7.66. The number of esters is 1. The second kappa shape index (κ2) is 10.7. The molecule has 0 aliphatic carbocycles. The molecule has 0 atom stereocenters. The highest BCUT2D eigenvalue weighted by Gasteiger charge is 2.15. The summed E-state index contributed by atoms with van der Waals surface area (Å²) in [5, 5.41) is 10.0. The number of ether oxygens (including phenoxy) is 3. The molecule has 0 bridgehead atoms. The predicted octanol–water partition coefficient (Wildman–Crippen LogP) is 2.81. The molecule has 1 aromatic carbocycles. The van der Waals surface area contributed by atoms with Crippen LogP contribution in [0, 0.1) is 0 Å². The van der Waals surface area contributed by atoms with Crippen molar-refractivity contribution in [2.75, 3.05) is 19.8 Å². The maximum atomic E-state index is 11.5. The first-order chi connectivity index (χ1) is 11.5. The lowest BCUT2D eigenvalue weighted by atomic mass is 10.2. The molecule has 0 aromatic heterocycles. The Morgan fingerprint density at radius 3 is 2.71 bits per heavy atom. The number of hydrogen-bond acceptors (Lipinski definition) is 6. The summed E-state index contributed by atoms with van der Waals surface area (Å²) in [7, 11) is 0. The van der Waals surface area contributed by atoms with Gasteiger partial charge >= 0.3 is 5.97 Å². The van der Waals surface area contributed by atoms with E-state index in [1.165, 1.54) is 0 Å². The van der Waals surface area contributed by atoms with Crippen molar-refractivity contribution in [1.82, 2.24) is 5.06 Å². The summed E-state index contributed by atoms with van der Waals surface area (Å²) in [4.78, 5) is 22.0. The third kappa shape index (κ3) is 6.64. The van der Waals surface area contributed by atoms with E-state index in [-0.39, 0.29) is 36.9 Å². The van der Waals surface area contributed by atoms with Crippen molar-refractivity contribution < 1.29 is 29.0 Å². The van der Waals surface area contributed by atoms with Crippen LogP contribution in [0.15, 0.2) is 12.1 Å². The Balaban J connectivity index is 2.97. The third-order valence-corrected chi connectivity index (χ3v) is 3.21. The number of unbranched alkanes of at least 4 members (excludes halogenated alkanes) is 1. The molecule has 0 heterocycles. The molecule has 0 aliphatic heterocycles. The average Bonchev–Trinajstić information content (AvgIpc) is 2.55. The van der Waals surface area contributed by atoms with Gasteiger partial charge in [-0.1, -0.05) is 24.9 Å². The number of nitrogens with zero attached hydrogens (tertiary/aromatic N) is 1. The molecule has 0 saturated carbocycles. The van der Waals surface area contributed by atoms with Crippen molar-refractivity contribution in [3.05, 3.63) is 22.7 Å². The van der Waals surface area contributed by atoms with Crippen LogP contribution < -0.4 is 9.47 Å². The lowest BCUT2D eigenvalue weighted by Gasteiger charge is -2.16. The van der Waals surface area contributed by atoms with E-state index in [1.807, 2.05) is 6.92 Å². The Hall–Kier alpha value is -1.99. The van der Waals surface area contributed by atoms with Crippen molar-refractivity contribution in [1.29, 1.82) is 0 Å². The van der Waals surface area contributed by atoms with Crippen LogP contribution in [0.3, 0.4) is 0 Å². The molecule has 0 saturated heterocycles. The normalized spacial score (nSPS) is 10.2. The van der Waals surface area contributed by atoms with Crippen LogP contribution in [0.4, 0.5) is 0 Å². The molecule has 8 heteroatoms. The van der Waals surface area contributed by atoms with E-state index >= 15 is 0 Å². The lowest BCUT2D eigenvalue weighted by molar-refractivity contribution is -0.152. The molecule has 134 valence electrons. The smallest absolute Gasteiger partial charge is 0.344 e. The van der Waals surface area contributed by atoms with Crippen molar-refractivity contribution in [2.45, 2.75) is 33.2 Å². The van der Waals surface area contributed by atoms with Crippen molar-refractivity contribution in [3.63, 3.8) is 0 Å². The Labute approximate surface area is 146 Å². The van der Waals surface area contributed by atoms with E-state index in [9.17, 15) is 14.8 Å². The predicted molar refractivity (Wildman–Crippen MR) is 87.4 cm³/mol. The van der Waals surface area contributed by atoms with Gasteiger partial charge in [-0.15, -0.1) is 0 Å². The maximum Gasteiger partial charge on any atom is 0.344 e. The number of carbonyl (C=O) groups excluding carboxylic acids is 2. The SMILES string of the molecule is CCCCOc1c(Cl)cc(CN(O)C=O)cc1OCC(=O)OCC. The summed E-state index contributed by atoms with van der Waals surface area (Å²) in [5.41, 5.74) is 0.524. The molecule has 0 aliphatic rings. The van der Waals surface area contributed by atoms with E-state index in [2.05, 4.69) is 0 Å². The van der Waals surface area contributed by atoms with Crippen LogP contribution in [0.25, 0.3) is 0 Å². The number of halogens is 1. The highest BCUT2D eigenvalue weighted by molar-refractivity contribution is 6.32. The van der Waals surface area contributed by atoms with E-state index < -0.39 is 5.97 Å². The minimum Gasteiger partial charge on any atom is -0.488 e. The maximum absolute atomic E-state index is 11.5. The van der Waals surface area contributed by atoms with Gasteiger partial charge in [0.05, 0.1) is 24.8 Å². The molecule has 0 spiro atoms. The molecule has 1 N–H and O–H groups in total. The summed E-state index contributed by atoms with van der Waals surface area (Å²) < 4.78 is 15.9. The molecule has 0 fully saturated rings. The second-order valence-electron chi connectivity index (χ2n) is 4.90. The van der Waals surface area contributed by atoms with Gasteiger partial charge in [-0.3, -0.25) is 10.0 Å². The van der Waals surface area contributed by atoms with Gasteiger partial charge in [0, 0.05) is 0 Å². The number of benzene rings is 1. The zero-order valence-electron chi connectivity index (χ0n) is 13.8. The fourth-order valence-electron chi connectivity index (χ4n) is 1.84. The summed E-state index contributed by atoms with van der Waals surface area (Å²) in [5.74, 6) is 0.0462. The topological polar surface area (TPSA) is 85.3 Å². The molecule has 1 rings (SSSR count). The van der Waals surface area contributed by atoms with Crippen LogP contribution in [0.2, 0.25) is 5.02 Å². The third-order valence-electron chi connectivity index (χ3n) is 2.93. The molecule has 7 nitrogen and oxygen atoms in total. The molecular weight excluding hydrogens is 338 g/mol. The number of rotatable bonds is 11. The number of amides is 1. The molecule has 1 aromatic rings. The molecule has 0 radical (unpaired) electrons. The van der Waals surface area contributed by atoms with Crippen LogP contribution in [0.5, 0.6) is 11.5 Å². The fraction of sp³-hybridized carbons (Fsp3) is 0.500. The average molecular weight is 360 g/mol.